The zero-order valence-electron chi connectivity index (χ0n) is 24.6. The molecule has 2 aliphatic heterocycles. The molecule has 0 unspecified atom stereocenters. The minimum atomic E-state index is -0.465. The minimum absolute atomic E-state index is 0.254. The highest BCUT2D eigenvalue weighted by Crippen LogP contribution is 2.38. The number of pyridine rings is 1. The van der Waals surface area contributed by atoms with Gasteiger partial charge in [0.05, 0.1) is 17.2 Å². The van der Waals surface area contributed by atoms with E-state index in [-0.39, 0.29) is 5.69 Å². The third kappa shape index (κ3) is 5.09. The Hall–Kier alpha value is -3.69. The second-order valence-electron chi connectivity index (χ2n) is 12.2. The monoisotopic (exact) mass is 566 g/mol. The third-order valence-electron chi connectivity index (χ3n) is 9.28. The minimum Gasteiger partial charge on any atom is -0.325 e. The predicted octanol–water partition coefficient (Wildman–Crippen LogP) is 6.34. The number of fused-ring (bicyclic) bond motifs is 2. The van der Waals surface area contributed by atoms with Gasteiger partial charge in [0.25, 0.3) is 0 Å². The molecule has 3 aliphatic rings. The Morgan fingerprint density at radius 1 is 1.05 bits per heavy atom. The van der Waals surface area contributed by atoms with Crippen molar-refractivity contribution in [3.05, 3.63) is 65.5 Å². The number of piperidine rings is 1. The van der Waals surface area contributed by atoms with Crippen LogP contribution in [0.3, 0.4) is 0 Å². The van der Waals surface area contributed by atoms with E-state index < -0.39 is 5.82 Å². The molecule has 3 aromatic heterocycles. The van der Waals surface area contributed by atoms with E-state index in [1.54, 1.807) is 0 Å². The number of benzene rings is 1. The summed E-state index contributed by atoms with van der Waals surface area (Å²) in [5.74, 6) is 1.52. The zero-order chi connectivity index (χ0) is 28.8. The molecule has 0 amide bonds. The summed E-state index contributed by atoms with van der Waals surface area (Å²) in [6, 6.07) is 9.18. The van der Waals surface area contributed by atoms with Crippen LogP contribution in [0.4, 0.5) is 16.2 Å². The van der Waals surface area contributed by atoms with Crippen molar-refractivity contribution < 1.29 is 4.39 Å². The molecule has 0 radical (unpaired) electrons. The molecule has 7 rings (SSSR count). The van der Waals surface area contributed by atoms with Crippen LogP contribution in [0.15, 0.2) is 37.0 Å². The number of anilines is 2. The molecule has 0 atom stereocenters. The summed E-state index contributed by atoms with van der Waals surface area (Å²) in [5.41, 5.74) is 7.08. The zero-order valence-corrected chi connectivity index (χ0v) is 24.6. The number of allylic oxidation sites excluding steroid dienone is 1. The molecule has 2 N–H and O–H groups in total. The Balaban J connectivity index is 1.18. The van der Waals surface area contributed by atoms with Gasteiger partial charge in [0, 0.05) is 48.4 Å². The molecule has 42 heavy (non-hydrogen) atoms. The maximum atomic E-state index is 15.3. The maximum absolute atomic E-state index is 15.3. The number of rotatable bonds is 6. The first-order chi connectivity index (χ1) is 20.4. The first-order valence-corrected chi connectivity index (χ1v) is 15.4. The van der Waals surface area contributed by atoms with E-state index in [0.29, 0.717) is 29.4 Å². The molecule has 9 heteroatoms. The summed E-state index contributed by atoms with van der Waals surface area (Å²) in [5, 5.41) is 6.70. The van der Waals surface area contributed by atoms with E-state index in [1.165, 1.54) is 37.4 Å². The lowest BCUT2D eigenvalue weighted by Crippen LogP contribution is -2.45. The van der Waals surface area contributed by atoms with Crippen LogP contribution >= 0.6 is 0 Å². The quantitative estimate of drug-likeness (QED) is 0.282. The summed E-state index contributed by atoms with van der Waals surface area (Å²) < 4.78 is 17.7. The molecular weight excluding hydrogens is 527 g/mol. The smallest absolute Gasteiger partial charge is 0.229 e. The van der Waals surface area contributed by atoms with Crippen LogP contribution in [0.2, 0.25) is 0 Å². The lowest BCUT2D eigenvalue weighted by atomic mass is 9.99. The Labute approximate surface area is 246 Å². The number of aromatic nitrogens is 5. The van der Waals surface area contributed by atoms with Crippen molar-refractivity contribution in [2.24, 2.45) is 0 Å². The van der Waals surface area contributed by atoms with Crippen molar-refractivity contribution in [3.8, 4) is 11.3 Å². The maximum Gasteiger partial charge on any atom is 0.229 e. The van der Waals surface area contributed by atoms with Crippen LogP contribution in [0.5, 0.6) is 0 Å². The Morgan fingerprint density at radius 2 is 1.86 bits per heavy atom. The van der Waals surface area contributed by atoms with Crippen molar-refractivity contribution in [1.29, 1.82) is 0 Å². The lowest BCUT2D eigenvalue weighted by molar-refractivity contribution is 0.146. The number of hydrogen-bond acceptors (Lipinski definition) is 7. The largest absolute Gasteiger partial charge is 0.325 e. The first kappa shape index (κ1) is 27.2. The first-order valence-electron chi connectivity index (χ1n) is 15.4. The number of imidazole rings is 1. The molecule has 1 aromatic carbocycles. The van der Waals surface area contributed by atoms with Crippen LogP contribution in [-0.2, 0) is 13.0 Å². The average Bonchev–Trinajstić information content (AvgIpc) is 3.64. The van der Waals surface area contributed by atoms with E-state index in [9.17, 15) is 0 Å². The van der Waals surface area contributed by atoms with E-state index >= 15 is 4.39 Å². The molecule has 4 aromatic rings. The van der Waals surface area contributed by atoms with Gasteiger partial charge >= 0.3 is 0 Å². The van der Waals surface area contributed by atoms with Gasteiger partial charge in [-0.25, -0.2) is 24.3 Å². The van der Waals surface area contributed by atoms with Gasteiger partial charge in [0.1, 0.15) is 17.3 Å². The summed E-state index contributed by atoms with van der Waals surface area (Å²) in [4.78, 5) is 21.3. The molecule has 1 aliphatic carbocycles. The molecule has 0 bridgehead atoms. The average molecular weight is 567 g/mol. The lowest BCUT2D eigenvalue weighted by Gasteiger charge is -2.37. The number of aryl methyl sites for hydroxylation is 1. The topological polar surface area (TPSA) is 83.8 Å². The van der Waals surface area contributed by atoms with Crippen molar-refractivity contribution >= 4 is 28.4 Å². The van der Waals surface area contributed by atoms with Crippen LogP contribution in [0.25, 0.3) is 27.9 Å². The SMILES string of the molecule is C=C(C)c1cc(-c2nc(Nc3ccc4c(n3)CCN(C3CCNCC3)C4)ncc2F)cc2c1nc(C)n2C1CCCC1. The summed E-state index contributed by atoms with van der Waals surface area (Å²) in [6.45, 7) is 12.4. The highest BCUT2D eigenvalue weighted by molar-refractivity contribution is 5.93. The Bertz CT molecular complexity index is 1650. The summed E-state index contributed by atoms with van der Waals surface area (Å²) in [7, 11) is 0. The fourth-order valence-electron chi connectivity index (χ4n) is 7.13. The van der Waals surface area contributed by atoms with Gasteiger partial charge in [0.2, 0.25) is 5.95 Å². The Kier molecular flexibility index (Phi) is 7.23. The van der Waals surface area contributed by atoms with Gasteiger partial charge in [-0.05, 0) is 82.0 Å². The molecule has 0 spiro atoms. The molecule has 1 saturated heterocycles. The number of halogens is 1. The van der Waals surface area contributed by atoms with Crippen molar-refractivity contribution in [2.45, 2.75) is 77.4 Å². The van der Waals surface area contributed by atoms with Gasteiger partial charge in [0.15, 0.2) is 5.82 Å². The number of hydrogen-bond donors (Lipinski definition) is 2. The van der Waals surface area contributed by atoms with E-state index in [4.69, 9.17) is 9.97 Å². The van der Waals surface area contributed by atoms with Gasteiger partial charge in [-0.1, -0.05) is 25.5 Å². The van der Waals surface area contributed by atoms with Crippen LogP contribution < -0.4 is 10.6 Å². The Morgan fingerprint density at radius 3 is 2.64 bits per heavy atom. The fraction of sp³-hybridized carbons (Fsp3) is 0.455. The molecule has 5 heterocycles. The van der Waals surface area contributed by atoms with Gasteiger partial charge in [-0.2, -0.15) is 0 Å². The van der Waals surface area contributed by atoms with Crippen molar-refractivity contribution in [1.82, 2.24) is 34.7 Å². The molecule has 8 nitrogen and oxygen atoms in total. The van der Waals surface area contributed by atoms with E-state index in [1.807, 2.05) is 25.1 Å². The van der Waals surface area contributed by atoms with Crippen LogP contribution in [0, 0.1) is 12.7 Å². The normalized spacial score (nSPS) is 18.5. The molecule has 2 fully saturated rings. The fourth-order valence-corrected chi connectivity index (χ4v) is 7.13. The van der Waals surface area contributed by atoms with Crippen LogP contribution in [-0.4, -0.2) is 55.1 Å². The van der Waals surface area contributed by atoms with Crippen molar-refractivity contribution in [3.63, 3.8) is 0 Å². The molecule has 1 saturated carbocycles. The third-order valence-corrected chi connectivity index (χ3v) is 9.28. The highest BCUT2D eigenvalue weighted by atomic mass is 19.1. The van der Waals surface area contributed by atoms with E-state index in [2.05, 4.69) is 49.6 Å². The van der Waals surface area contributed by atoms with E-state index in [0.717, 1.165) is 79.1 Å². The predicted molar refractivity (Wildman–Crippen MR) is 165 cm³/mol. The van der Waals surface area contributed by atoms with Gasteiger partial charge in [-0.3, -0.25) is 4.90 Å². The van der Waals surface area contributed by atoms with Gasteiger partial charge in [-0.15, -0.1) is 0 Å². The van der Waals surface area contributed by atoms with Crippen LogP contribution in [0.1, 0.15) is 74.1 Å². The second-order valence-corrected chi connectivity index (χ2v) is 12.2. The number of nitrogens with zero attached hydrogens (tertiary/aromatic N) is 6. The summed E-state index contributed by atoms with van der Waals surface area (Å²) in [6.07, 6.45) is 9.29. The second kappa shape index (κ2) is 11.2. The number of nitrogens with one attached hydrogen (secondary N) is 2. The molecule has 218 valence electrons. The summed E-state index contributed by atoms with van der Waals surface area (Å²) >= 11 is 0. The standard InChI is InChI=1S/C33H39FN8/c1-20(2)26-16-23(17-29-32(26)37-21(3)42(29)25-6-4-5-7-25)31-27(34)18-36-33(40-31)39-30-9-8-22-19-41(15-12-28(22)38-30)24-10-13-35-14-11-24/h8-9,16-18,24-25,35H,1,4-7,10-15,19H2,2-3H3,(H,36,38,39,40). The molecular formula is C33H39FN8. The highest BCUT2D eigenvalue weighted by Gasteiger charge is 2.26. The van der Waals surface area contributed by atoms with Gasteiger partial charge < -0.3 is 15.2 Å². The van der Waals surface area contributed by atoms with Crippen molar-refractivity contribution in [2.75, 3.05) is 25.0 Å².